The molecule has 3 nitrogen and oxygen atoms in total. The van der Waals surface area contributed by atoms with Gasteiger partial charge < -0.3 is 5.32 Å². The number of ketones is 1. The minimum absolute atomic E-state index is 0.103. The summed E-state index contributed by atoms with van der Waals surface area (Å²) in [7, 11) is 0. The van der Waals surface area contributed by atoms with Gasteiger partial charge in [-0.15, -0.1) is 0 Å². The fourth-order valence-corrected chi connectivity index (χ4v) is 2.52. The molecule has 72 valence electrons. The quantitative estimate of drug-likeness (QED) is 0.648. The molecule has 2 rings (SSSR count). The van der Waals surface area contributed by atoms with Crippen LogP contribution in [0, 0.1) is 17.3 Å². The summed E-state index contributed by atoms with van der Waals surface area (Å²) in [5, 5.41) is 2.68. The molecule has 1 saturated heterocycles. The van der Waals surface area contributed by atoms with E-state index in [9.17, 15) is 9.59 Å². The van der Waals surface area contributed by atoms with Gasteiger partial charge in [-0.2, -0.15) is 0 Å². The van der Waals surface area contributed by atoms with Crippen molar-refractivity contribution in [2.45, 2.75) is 26.7 Å². The second kappa shape index (κ2) is 2.56. The third kappa shape index (κ3) is 1.18. The highest BCUT2D eigenvalue weighted by Crippen LogP contribution is 2.59. The van der Waals surface area contributed by atoms with E-state index in [2.05, 4.69) is 19.2 Å². The molecular formula is C10H15NO2. The maximum Gasteiger partial charge on any atom is 0.227 e. The molecule has 0 aromatic carbocycles. The highest BCUT2D eigenvalue weighted by molar-refractivity contribution is 5.98. The smallest absolute Gasteiger partial charge is 0.227 e. The lowest BCUT2D eigenvalue weighted by molar-refractivity contribution is -0.136. The Hall–Kier alpha value is -0.860. The van der Waals surface area contributed by atoms with Crippen LogP contribution in [-0.4, -0.2) is 18.2 Å². The topological polar surface area (TPSA) is 46.2 Å². The molecule has 0 aromatic rings. The average molecular weight is 181 g/mol. The third-order valence-corrected chi connectivity index (χ3v) is 3.35. The van der Waals surface area contributed by atoms with Gasteiger partial charge in [-0.1, -0.05) is 13.8 Å². The van der Waals surface area contributed by atoms with Crippen LogP contribution >= 0.6 is 0 Å². The van der Waals surface area contributed by atoms with Gasteiger partial charge in [0, 0.05) is 6.42 Å². The summed E-state index contributed by atoms with van der Waals surface area (Å²) in [6.45, 7) is 4.48. The molecule has 2 fully saturated rings. The van der Waals surface area contributed by atoms with Crippen molar-refractivity contribution < 1.29 is 9.59 Å². The lowest BCUT2D eigenvalue weighted by atomic mass is 9.88. The molecule has 2 atom stereocenters. The fraction of sp³-hybridized carbons (Fsp3) is 0.800. The molecule has 1 saturated carbocycles. The van der Waals surface area contributed by atoms with Crippen molar-refractivity contribution in [1.29, 1.82) is 0 Å². The lowest BCUT2D eigenvalue weighted by Gasteiger charge is -2.22. The monoisotopic (exact) mass is 181 g/mol. The van der Waals surface area contributed by atoms with Crippen LogP contribution in [0.25, 0.3) is 0 Å². The summed E-state index contributed by atoms with van der Waals surface area (Å²) >= 11 is 0. The summed E-state index contributed by atoms with van der Waals surface area (Å²) in [4.78, 5) is 22.8. The predicted molar refractivity (Wildman–Crippen MR) is 48.0 cm³/mol. The van der Waals surface area contributed by atoms with Crippen molar-refractivity contribution in [3.63, 3.8) is 0 Å². The van der Waals surface area contributed by atoms with E-state index in [0.717, 1.165) is 6.42 Å². The number of carbonyl (C=O) groups excluding carboxylic acids is 2. The molecular weight excluding hydrogens is 166 g/mol. The number of rotatable bonds is 1. The highest BCUT2D eigenvalue weighted by atomic mass is 16.2. The molecule has 2 unspecified atom stereocenters. The second-order valence-corrected chi connectivity index (χ2v) is 4.61. The van der Waals surface area contributed by atoms with Crippen LogP contribution in [0.2, 0.25) is 0 Å². The van der Waals surface area contributed by atoms with Crippen LogP contribution in [-0.2, 0) is 9.59 Å². The molecule has 3 heteroatoms. The molecule has 1 N–H and O–H groups in total. The van der Waals surface area contributed by atoms with E-state index in [-0.39, 0.29) is 23.7 Å². The first-order chi connectivity index (χ1) is 6.06. The highest BCUT2D eigenvalue weighted by Gasteiger charge is 2.62. The average Bonchev–Trinajstić information content (AvgIpc) is 2.74. The first-order valence-corrected chi connectivity index (χ1v) is 4.86. The van der Waals surface area contributed by atoms with Gasteiger partial charge in [0.1, 0.15) is 0 Å². The van der Waals surface area contributed by atoms with E-state index in [4.69, 9.17) is 0 Å². The number of carbonyl (C=O) groups is 2. The van der Waals surface area contributed by atoms with Gasteiger partial charge in [0.05, 0.1) is 12.0 Å². The number of nitrogens with one attached hydrogen (secondary N) is 1. The Morgan fingerprint density at radius 3 is 2.69 bits per heavy atom. The molecule has 1 spiro atoms. The maximum atomic E-state index is 11.6. The molecule has 1 aliphatic carbocycles. The molecule has 1 heterocycles. The van der Waals surface area contributed by atoms with Crippen LogP contribution in [0.1, 0.15) is 26.7 Å². The van der Waals surface area contributed by atoms with Crippen molar-refractivity contribution in [3.8, 4) is 0 Å². The standard InChI is InChI=1S/C10H15NO2/c1-6(2)8-4-10(8)3-7(12)5-11-9(10)13/h6,8H,3-5H2,1-2H3,(H,11,13). The first kappa shape index (κ1) is 8.73. The summed E-state index contributed by atoms with van der Waals surface area (Å²) in [6, 6.07) is 0. The molecule has 2 aliphatic rings. The lowest BCUT2D eigenvalue weighted by Crippen LogP contribution is -2.44. The zero-order valence-corrected chi connectivity index (χ0v) is 8.09. The Morgan fingerprint density at radius 2 is 2.15 bits per heavy atom. The van der Waals surface area contributed by atoms with E-state index in [1.807, 2.05) is 0 Å². The molecule has 0 radical (unpaired) electrons. The molecule has 0 bridgehead atoms. The van der Waals surface area contributed by atoms with Gasteiger partial charge in [-0.05, 0) is 18.3 Å². The van der Waals surface area contributed by atoms with E-state index >= 15 is 0 Å². The first-order valence-electron chi connectivity index (χ1n) is 4.86. The van der Waals surface area contributed by atoms with E-state index in [1.165, 1.54) is 0 Å². The summed E-state index contributed by atoms with van der Waals surface area (Å²) in [6.07, 6.45) is 1.38. The minimum atomic E-state index is -0.302. The third-order valence-electron chi connectivity index (χ3n) is 3.35. The second-order valence-electron chi connectivity index (χ2n) is 4.61. The van der Waals surface area contributed by atoms with E-state index in [1.54, 1.807) is 0 Å². The number of hydrogen-bond acceptors (Lipinski definition) is 2. The van der Waals surface area contributed by atoms with Gasteiger partial charge in [-0.3, -0.25) is 9.59 Å². The fourth-order valence-electron chi connectivity index (χ4n) is 2.52. The summed E-state index contributed by atoms with van der Waals surface area (Å²) < 4.78 is 0. The van der Waals surface area contributed by atoms with Crippen molar-refractivity contribution >= 4 is 11.7 Å². The Morgan fingerprint density at radius 1 is 1.46 bits per heavy atom. The zero-order chi connectivity index (χ0) is 9.64. The van der Waals surface area contributed by atoms with Crippen molar-refractivity contribution in [2.24, 2.45) is 17.3 Å². The molecule has 1 aliphatic heterocycles. The number of hydrogen-bond donors (Lipinski definition) is 1. The van der Waals surface area contributed by atoms with Crippen LogP contribution in [0.3, 0.4) is 0 Å². The van der Waals surface area contributed by atoms with Crippen LogP contribution in [0.5, 0.6) is 0 Å². The Kier molecular flexibility index (Phi) is 1.72. The zero-order valence-electron chi connectivity index (χ0n) is 8.09. The largest absolute Gasteiger partial charge is 0.349 e. The van der Waals surface area contributed by atoms with Gasteiger partial charge in [-0.25, -0.2) is 0 Å². The van der Waals surface area contributed by atoms with Gasteiger partial charge in [0.2, 0.25) is 5.91 Å². The van der Waals surface area contributed by atoms with Gasteiger partial charge in [0.25, 0.3) is 0 Å². The molecule has 13 heavy (non-hydrogen) atoms. The van der Waals surface area contributed by atoms with Gasteiger partial charge >= 0.3 is 0 Å². The van der Waals surface area contributed by atoms with E-state index in [0.29, 0.717) is 18.3 Å². The number of amides is 1. The van der Waals surface area contributed by atoms with Gasteiger partial charge in [0.15, 0.2) is 5.78 Å². The van der Waals surface area contributed by atoms with E-state index < -0.39 is 0 Å². The van der Waals surface area contributed by atoms with Crippen molar-refractivity contribution in [3.05, 3.63) is 0 Å². The van der Waals surface area contributed by atoms with Crippen LogP contribution in [0.15, 0.2) is 0 Å². The van der Waals surface area contributed by atoms with Crippen molar-refractivity contribution in [1.82, 2.24) is 5.32 Å². The number of piperidine rings is 1. The normalized spacial score (nSPS) is 38.2. The summed E-state index contributed by atoms with van der Waals surface area (Å²) in [5.41, 5.74) is -0.302. The predicted octanol–water partition coefficient (Wildman–Crippen LogP) is 0.738. The maximum absolute atomic E-state index is 11.6. The Bertz CT molecular complexity index is 272. The van der Waals surface area contributed by atoms with Crippen molar-refractivity contribution in [2.75, 3.05) is 6.54 Å². The molecule has 0 aromatic heterocycles. The number of Topliss-reactive ketones (excluding diaryl/α,β-unsaturated/α-hetero) is 1. The molecule has 1 amide bonds. The SMILES string of the molecule is CC(C)C1CC12CC(=O)CNC2=O. The van der Waals surface area contributed by atoms with Crippen LogP contribution in [0.4, 0.5) is 0 Å². The van der Waals surface area contributed by atoms with Crippen LogP contribution < -0.4 is 5.32 Å². The minimum Gasteiger partial charge on any atom is -0.349 e. The Balaban J connectivity index is 2.14. The summed E-state index contributed by atoms with van der Waals surface area (Å²) in [5.74, 6) is 1.22. The Labute approximate surface area is 77.9 Å².